The smallest absolute Gasteiger partial charge is 0.119 e. The van der Waals surface area contributed by atoms with Gasteiger partial charge in [-0.15, -0.1) is 0 Å². The van der Waals surface area contributed by atoms with Gasteiger partial charge in [0.1, 0.15) is 12.4 Å². The highest BCUT2D eigenvalue weighted by atomic mass is 16.5. The highest BCUT2D eigenvalue weighted by molar-refractivity contribution is 5.41. The Bertz CT molecular complexity index is 693. The summed E-state index contributed by atoms with van der Waals surface area (Å²) in [5.74, 6) is 0.954. The molecule has 0 aliphatic carbocycles. The van der Waals surface area contributed by atoms with Gasteiger partial charge >= 0.3 is 0 Å². The van der Waals surface area contributed by atoms with Crippen molar-refractivity contribution in [2.24, 2.45) is 0 Å². The third-order valence-corrected chi connectivity index (χ3v) is 5.54. The second kappa shape index (κ2) is 7.18. The summed E-state index contributed by atoms with van der Waals surface area (Å²) in [6, 6.07) is 8.78. The Morgan fingerprint density at radius 2 is 2.24 bits per heavy atom. The summed E-state index contributed by atoms with van der Waals surface area (Å²) in [6.45, 7) is 5.67. The van der Waals surface area contributed by atoms with E-state index in [9.17, 15) is 0 Å². The van der Waals surface area contributed by atoms with Crippen LogP contribution in [0.2, 0.25) is 0 Å². The minimum atomic E-state index is -0.0849. The number of piperidine rings is 1. The van der Waals surface area contributed by atoms with Crippen LogP contribution in [-0.2, 0) is 16.8 Å². The van der Waals surface area contributed by atoms with Crippen molar-refractivity contribution >= 4 is 0 Å². The van der Waals surface area contributed by atoms with Crippen molar-refractivity contribution in [3.8, 4) is 5.75 Å². The van der Waals surface area contributed by atoms with Crippen LogP contribution in [0.1, 0.15) is 43.4 Å². The zero-order valence-electron chi connectivity index (χ0n) is 14.9. The molecule has 1 aromatic carbocycles. The van der Waals surface area contributed by atoms with Gasteiger partial charge in [-0.2, -0.15) is 5.10 Å². The first-order valence-corrected chi connectivity index (χ1v) is 9.41. The maximum atomic E-state index is 6.24. The van der Waals surface area contributed by atoms with Gasteiger partial charge in [0.2, 0.25) is 0 Å². The van der Waals surface area contributed by atoms with Crippen LogP contribution in [0, 0.1) is 0 Å². The van der Waals surface area contributed by atoms with Gasteiger partial charge in [-0.05, 0) is 68.1 Å². The molecule has 2 aliphatic heterocycles. The van der Waals surface area contributed by atoms with Crippen molar-refractivity contribution in [1.82, 2.24) is 15.1 Å². The molecule has 3 heterocycles. The van der Waals surface area contributed by atoms with Crippen LogP contribution in [0.5, 0.6) is 5.75 Å². The van der Waals surface area contributed by atoms with E-state index in [1.807, 2.05) is 23.1 Å². The lowest BCUT2D eigenvalue weighted by Gasteiger charge is -2.42. The van der Waals surface area contributed by atoms with Crippen LogP contribution in [0.25, 0.3) is 0 Å². The average molecular weight is 341 g/mol. The van der Waals surface area contributed by atoms with Crippen molar-refractivity contribution in [2.45, 2.75) is 44.2 Å². The van der Waals surface area contributed by atoms with Gasteiger partial charge in [-0.1, -0.05) is 13.0 Å². The maximum absolute atomic E-state index is 6.24. The number of hydrogen-bond donors (Lipinski definition) is 1. The SMILES string of the molecule is CCC(COc1ccc2c(c1)CCOC21CCNCC1)n1cccn1. The first-order valence-electron chi connectivity index (χ1n) is 9.41. The third-order valence-electron chi connectivity index (χ3n) is 5.54. The molecule has 0 saturated carbocycles. The summed E-state index contributed by atoms with van der Waals surface area (Å²) in [6.07, 6.45) is 7.89. The molecule has 4 rings (SSSR count). The van der Waals surface area contributed by atoms with E-state index < -0.39 is 0 Å². The van der Waals surface area contributed by atoms with Crippen LogP contribution < -0.4 is 10.1 Å². The zero-order valence-corrected chi connectivity index (χ0v) is 14.9. The molecule has 5 nitrogen and oxygen atoms in total. The molecule has 1 atom stereocenters. The molecule has 1 spiro atoms. The fraction of sp³-hybridized carbons (Fsp3) is 0.550. The van der Waals surface area contributed by atoms with Gasteiger partial charge < -0.3 is 14.8 Å². The Kier molecular flexibility index (Phi) is 4.77. The molecule has 0 amide bonds. The fourth-order valence-corrected chi connectivity index (χ4v) is 4.06. The number of hydrogen-bond acceptors (Lipinski definition) is 4. The second-order valence-electron chi connectivity index (χ2n) is 7.02. The van der Waals surface area contributed by atoms with Crippen LogP contribution in [0.15, 0.2) is 36.7 Å². The summed E-state index contributed by atoms with van der Waals surface area (Å²) < 4.78 is 14.3. The highest BCUT2D eigenvalue weighted by Crippen LogP contribution is 2.41. The molecular formula is C20H27N3O2. The van der Waals surface area contributed by atoms with Crippen molar-refractivity contribution < 1.29 is 9.47 Å². The molecule has 1 aromatic heterocycles. The van der Waals surface area contributed by atoms with Gasteiger partial charge in [0.15, 0.2) is 0 Å². The molecule has 25 heavy (non-hydrogen) atoms. The predicted molar refractivity (Wildman–Crippen MR) is 96.9 cm³/mol. The van der Waals surface area contributed by atoms with Crippen molar-refractivity contribution in [2.75, 3.05) is 26.3 Å². The van der Waals surface area contributed by atoms with E-state index in [0.717, 1.165) is 51.1 Å². The lowest BCUT2D eigenvalue weighted by atomic mass is 9.80. The van der Waals surface area contributed by atoms with Gasteiger partial charge in [-0.3, -0.25) is 4.68 Å². The highest BCUT2D eigenvalue weighted by Gasteiger charge is 2.38. The molecule has 5 heteroatoms. The summed E-state index contributed by atoms with van der Waals surface area (Å²) in [7, 11) is 0. The van der Waals surface area contributed by atoms with E-state index >= 15 is 0 Å². The van der Waals surface area contributed by atoms with Crippen molar-refractivity contribution in [3.05, 3.63) is 47.8 Å². The number of nitrogens with one attached hydrogen (secondary N) is 1. The molecule has 0 radical (unpaired) electrons. The van der Waals surface area contributed by atoms with Crippen LogP contribution in [0.4, 0.5) is 0 Å². The predicted octanol–water partition coefficient (Wildman–Crippen LogP) is 3.06. The van der Waals surface area contributed by atoms with Crippen molar-refractivity contribution in [1.29, 1.82) is 0 Å². The standard InChI is InChI=1S/C20H27N3O2/c1-2-17(23-12-3-9-22-23)15-24-18-4-5-19-16(14-18)6-13-25-20(19)7-10-21-11-8-20/h3-5,9,12,14,17,21H,2,6-8,10-11,13,15H2,1H3. The third kappa shape index (κ3) is 3.31. The molecule has 0 bridgehead atoms. The maximum Gasteiger partial charge on any atom is 0.119 e. The largest absolute Gasteiger partial charge is 0.491 e. The van der Waals surface area contributed by atoms with E-state index in [-0.39, 0.29) is 11.6 Å². The van der Waals surface area contributed by atoms with E-state index in [4.69, 9.17) is 9.47 Å². The minimum Gasteiger partial charge on any atom is -0.491 e. The number of ether oxygens (including phenoxy) is 2. The second-order valence-corrected chi connectivity index (χ2v) is 7.02. The van der Waals surface area contributed by atoms with Gasteiger partial charge in [0.25, 0.3) is 0 Å². The average Bonchev–Trinajstić information content (AvgIpc) is 3.18. The van der Waals surface area contributed by atoms with Gasteiger partial charge in [0, 0.05) is 12.4 Å². The van der Waals surface area contributed by atoms with E-state index in [0.29, 0.717) is 6.61 Å². The quantitative estimate of drug-likeness (QED) is 0.908. The summed E-state index contributed by atoms with van der Waals surface area (Å²) in [5.41, 5.74) is 2.67. The van der Waals surface area contributed by atoms with Crippen LogP contribution in [0.3, 0.4) is 0 Å². The molecule has 1 N–H and O–H groups in total. The Labute approximate surface area is 149 Å². The topological polar surface area (TPSA) is 48.3 Å². The Morgan fingerprint density at radius 3 is 3.00 bits per heavy atom. The summed E-state index contributed by atoms with van der Waals surface area (Å²) in [4.78, 5) is 0. The summed E-state index contributed by atoms with van der Waals surface area (Å²) in [5, 5.41) is 7.78. The monoisotopic (exact) mass is 341 g/mol. The molecule has 134 valence electrons. The Hall–Kier alpha value is -1.85. The molecule has 1 saturated heterocycles. The Balaban J connectivity index is 1.49. The number of nitrogens with zero attached hydrogens (tertiary/aromatic N) is 2. The number of fused-ring (bicyclic) bond motifs is 2. The molecule has 1 fully saturated rings. The number of aromatic nitrogens is 2. The van der Waals surface area contributed by atoms with E-state index in [1.54, 1.807) is 0 Å². The summed E-state index contributed by atoms with van der Waals surface area (Å²) >= 11 is 0. The fourth-order valence-electron chi connectivity index (χ4n) is 4.06. The molecule has 2 aromatic rings. The minimum absolute atomic E-state index is 0.0849. The van der Waals surface area contributed by atoms with Gasteiger partial charge in [-0.25, -0.2) is 0 Å². The van der Waals surface area contributed by atoms with E-state index in [1.165, 1.54) is 11.1 Å². The normalized spacial score (nSPS) is 20.2. The van der Waals surface area contributed by atoms with Crippen molar-refractivity contribution in [3.63, 3.8) is 0 Å². The van der Waals surface area contributed by atoms with Crippen LogP contribution in [-0.4, -0.2) is 36.1 Å². The molecular weight excluding hydrogens is 314 g/mol. The van der Waals surface area contributed by atoms with Crippen LogP contribution >= 0.6 is 0 Å². The van der Waals surface area contributed by atoms with E-state index in [2.05, 4.69) is 35.5 Å². The lowest BCUT2D eigenvalue weighted by molar-refractivity contribution is -0.0802. The number of benzene rings is 1. The zero-order chi connectivity index (χ0) is 17.1. The first-order chi connectivity index (χ1) is 12.3. The molecule has 2 aliphatic rings. The number of rotatable bonds is 5. The first kappa shape index (κ1) is 16.6. The molecule has 1 unspecified atom stereocenters. The lowest BCUT2D eigenvalue weighted by Crippen LogP contribution is -2.44. The Morgan fingerprint density at radius 1 is 1.36 bits per heavy atom. The van der Waals surface area contributed by atoms with Gasteiger partial charge in [0.05, 0.1) is 18.2 Å².